The van der Waals surface area contributed by atoms with E-state index in [0.29, 0.717) is 6.04 Å². The van der Waals surface area contributed by atoms with Crippen LogP contribution < -0.4 is 15.8 Å². The molecule has 0 spiro atoms. The summed E-state index contributed by atoms with van der Waals surface area (Å²) in [7, 11) is 1.68. The van der Waals surface area contributed by atoms with Crippen LogP contribution in [-0.4, -0.2) is 19.2 Å². The molecule has 0 amide bonds. The molecule has 2 rings (SSSR count). The molecule has 15 heavy (non-hydrogen) atoms. The maximum absolute atomic E-state index is 6.00. The maximum Gasteiger partial charge on any atom is 0.120 e. The molecule has 1 aromatic rings. The standard InChI is InChI=1S/C12H18N2O/c1-15-10-5-2-4-9(8-10)14-12-7-3-6-11(12)13/h2,4-5,8,11-12,14H,3,6-7,13H2,1H3/t11-,12+/m0/s1. The van der Waals surface area contributed by atoms with Gasteiger partial charge in [0.05, 0.1) is 7.11 Å². The fraction of sp³-hybridized carbons (Fsp3) is 0.500. The summed E-state index contributed by atoms with van der Waals surface area (Å²) in [4.78, 5) is 0. The van der Waals surface area contributed by atoms with E-state index in [9.17, 15) is 0 Å². The first-order valence-corrected chi connectivity index (χ1v) is 5.46. The molecule has 1 aliphatic carbocycles. The summed E-state index contributed by atoms with van der Waals surface area (Å²) in [6.45, 7) is 0. The van der Waals surface area contributed by atoms with Crippen LogP contribution in [-0.2, 0) is 0 Å². The number of methoxy groups -OCH3 is 1. The predicted molar refractivity (Wildman–Crippen MR) is 62.2 cm³/mol. The van der Waals surface area contributed by atoms with Crippen molar-refractivity contribution < 1.29 is 4.74 Å². The lowest BCUT2D eigenvalue weighted by Crippen LogP contribution is -2.35. The van der Waals surface area contributed by atoms with Crippen LogP contribution in [0.25, 0.3) is 0 Å². The molecule has 0 aromatic heterocycles. The summed E-state index contributed by atoms with van der Waals surface area (Å²) in [5.74, 6) is 0.881. The van der Waals surface area contributed by atoms with Gasteiger partial charge in [0, 0.05) is 23.8 Å². The Bertz CT molecular complexity index is 327. The Morgan fingerprint density at radius 2 is 2.27 bits per heavy atom. The van der Waals surface area contributed by atoms with E-state index in [1.807, 2.05) is 24.3 Å². The van der Waals surface area contributed by atoms with Crippen molar-refractivity contribution in [2.24, 2.45) is 5.73 Å². The van der Waals surface area contributed by atoms with E-state index in [1.165, 1.54) is 12.8 Å². The van der Waals surface area contributed by atoms with E-state index >= 15 is 0 Å². The minimum absolute atomic E-state index is 0.288. The van der Waals surface area contributed by atoms with Crippen LogP contribution in [0.15, 0.2) is 24.3 Å². The molecule has 3 N–H and O–H groups in total. The van der Waals surface area contributed by atoms with Crippen molar-refractivity contribution in [3.8, 4) is 5.75 Å². The van der Waals surface area contributed by atoms with Gasteiger partial charge < -0.3 is 15.8 Å². The van der Waals surface area contributed by atoms with Gasteiger partial charge in [0.2, 0.25) is 0 Å². The van der Waals surface area contributed by atoms with Crippen LogP contribution in [0.4, 0.5) is 5.69 Å². The summed E-state index contributed by atoms with van der Waals surface area (Å²) in [5.41, 5.74) is 7.10. The second-order valence-corrected chi connectivity index (χ2v) is 4.08. The SMILES string of the molecule is COc1cccc(N[C@@H]2CCC[C@@H]2N)c1. The lowest BCUT2D eigenvalue weighted by Gasteiger charge is -2.18. The minimum atomic E-state index is 0.288. The molecule has 2 atom stereocenters. The second kappa shape index (κ2) is 4.53. The molecule has 3 nitrogen and oxygen atoms in total. The van der Waals surface area contributed by atoms with E-state index < -0.39 is 0 Å². The Kier molecular flexibility index (Phi) is 3.11. The van der Waals surface area contributed by atoms with Crippen LogP contribution in [0, 0.1) is 0 Å². The summed E-state index contributed by atoms with van der Waals surface area (Å²) >= 11 is 0. The largest absolute Gasteiger partial charge is 0.497 e. The van der Waals surface area contributed by atoms with Gasteiger partial charge in [0.15, 0.2) is 0 Å². The summed E-state index contributed by atoms with van der Waals surface area (Å²) in [6, 6.07) is 8.69. The highest BCUT2D eigenvalue weighted by molar-refractivity contribution is 5.49. The Balaban J connectivity index is 2.03. The van der Waals surface area contributed by atoms with Crippen molar-refractivity contribution >= 4 is 5.69 Å². The number of benzene rings is 1. The third-order valence-corrected chi connectivity index (χ3v) is 2.99. The van der Waals surface area contributed by atoms with Gasteiger partial charge in [-0.3, -0.25) is 0 Å². The van der Waals surface area contributed by atoms with Gasteiger partial charge in [-0.25, -0.2) is 0 Å². The first kappa shape index (κ1) is 10.3. The zero-order chi connectivity index (χ0) is 10.7. The Morgan fingerprint density at radius 3 is 2.93 bits per heavy atom. The van der Waals surface area contributed by atoms with Gasteiger partial charge in [-0.05, 0) is 31.4 Å². The van der Waals surface area contributed by atoms with Crippen molar-refractivity contribution in [2.75, 3.05) is 12.4 Å². The molecular formula is C12H18N2O. The fourth-order valence-corrected chi connectivity index (χ4v) is 2.09. The van der Waals surface area contributed by atoms with Gasteiger partial charge in [-0.15, -0.1) is 0 Å². The lowest BCUT2D eigenvalue weighted by molar-refractivity contribution is 0.415. The topological polar surface area (TPSA) is 47.3 Å². The van der Waals surface area contributed by atoms with Gasteiger partial charge >= 0.3 is 0 Å². The molecule has 82 valence electrons. The van der Waals surface area contributed by atoms with Crippen LogP contribution in [0.3, 0.4) is 0 Å². The molecule has 1 fully saturated rings. The number of ether oxygens (including phenoxy) is 1. The van der Waals surface area contributed by atoms with E-state index in [2.05, 4.69) is 5.32 Å². The Morgan fingerprint density at radius 1 is 1.40 bits per heavy atom. The van der Waals surface area contributed by atoms with E-state index in [1.54, 1.807) is 7.11 Å². The minimum Gasteiger partial charge on any atom is -0.497 e. The third kappa shape index (κ3) is 2.42. The fourth-order valence-electron chi connectivity index (χ4n) is 2.09. The van der Waals surface area contributed by atoms with E-state index in [0.717, 1.165) is 17.9 Å². The zero-order valence-electron chi connectivity index (χ0n) is 9.07. The zero-order valence-corrected chi connectivity index (χ0v) is 9.07. The Labute approximate surface area is 90.6 Å². The Hall–Kier alpha value is -1.22. The smallest absolute Gasteiger partial charge is 0.120 e. The molecule has 1 saturated carbocycles. The second-order valence-electron chi connectivity index (χ2n) is 4.08. The molecule has 0 heterocycles. The summed E-state index contributed by atoms with van der Waals surface area (Å²) in [6.07, 6.45) is 3.52. The van der Waals surface area contributed by atoms with E-state index in [4.69, 9.17) is 10.5 Å². The molecular weight excluding hydrogens is 188 g/mol. The van der Waals surface area contributed by atoms with Crippen molar-refractivity contribution in [1.82, 2.24) is 0 Å². The third-order valence-electron chi connectivity index (χ3n) is 2.99. The van der Waals surface area contributed by atoms with Gasteiger partial charge in [-0.2, -0.15) is 0 Å². The maximum atomic E-state index is 6.00. The predicted octanol–water partition coefficient (Wildman–Crippen LogP) is 1.99. The molecule has 0 aliphatic heterocycles. The first-order chi connectivity index (χ1) is 7.29. The summed E-state index contributed by atoms with van der Waals surface area (Å²) < 4.78 is 5.17. The molecule has 0 unspecified atom stereocenters. The monoisotopic (exact) mass is 206 g/mol. The highest BCUT2D eigenvalue weighted by atomic mass is 16.5. The van der Waals surface area contributed by atoms with Crippen LogP contribution in [0.5, 0.6) is 5.75 Å². The highest BCUT2D eigenvalue weighted by Crippen LogP contribution is 2.23. The number of nitrogens with two attached hydrogens (primary N) is 1. The normalized spacial score (nSPS) is 25.2. The van der Waals surface area contributed by atoms with Crippen molar-refractivity contribution in [3.05, 3.63) is 24.3 Å². The van der Waals surface area contributed by atoms with Crippen molar-refractivity contribution in [1.29, 1.82) is 0 Å². The van der Waals surface area contributed by atoms with Gasteiger partial charge in [0.25, 0.3) is 0 Å². The molecule has 3 heteroatoms. The van der Waals surface area contributed by atoms with Gasteiger partial charge in [-0.1, -0.05) is 6.07 Å². The van der Waals surface area contributed by atoms with Crippen LogP contribution in [0.1, 0.15) is 19.3 Å². The molecule has 0 radical (unpaired) electrons. The quantitative estimate of drug-likeness (QED) is 0.795. The van der Waals surface area contributed by atoms with Crippen molar-refractivity contribution in [3.63, 3.8) is 0 Å². The lowest BCUT2D eigenvalue weighted by atomic mass is 10.1. The first-order valence-electron chi connectivity index (χ1n) is 5.46. The number of nitrogens with one attached hydrogen (secondary N) is 1. The number of hydrogen-bond donors (Lipinski definition) is 2. The number of rotatable bonds is 3. The molecule has 0 saturated heterocycles. The number of anilines is 1. The average Bonchev–Trinajstić information content (AvgIpc) is 2.65. The molecule has 0 bridgehead atoms. The van der Waals surface area contributed by atoms with Crippen molar-refractivity contribution in [2.45, 2.75) is 31.3 Å². The molecule has 1 aliphatic rings. The van der Waals surface area contributed by atoms with E-state index in [-0.39, 0.29) is 6.04 Å². The average molecular weight is 206 g/mol. The summed E-state index contributed by atoms with van der Waals surface area (Å²) in [5, 5.41) is 3.46. The van der Waals surface area contributed by atoms with Crippen LogP contribution in [0.2, 0.25) is 0 Å². The van der Waals surface area contributed by atoms with Gasteiger partial charge in [0.1, 0.15) is 5.75 Å². The number of hydrogen-bond acceptors (Lipinski definition) is 3. The highest BCUT2D eigenvalue weighted by Gasteiger charge is 2.23. The van der Waals surface area contributed by atoms with Crippen LogP contribution >= 0.6 is 0 Å². The molecule has 1 aromatic carbocycles.